The molecule has 0 aromatic heterocycles. The number of nitrogens with one attached hydrogen (secondary N) is 1. The lowest BCUT2D eigenvalue weighted by Gasteiger charge is -2.33. The predicted octanol–water partition coefficient (Wildman–Crippen LogP) is 1.16. The van der Waals surface area contributed by atoms with Crippen LogP contribution in [0.5, 0.6) is 0 Å². The molecule has 0 aliphatic carbocycles. The summed E-state index contributed by atoms with van der Waals surface area (Å²) in [7, 11) is -5.21. The first-order valence-corrected chi connectivity index (χ1v) is 13.8. The fourth-order valence-corrected chi connectivity index (χ4v) is 7.23. The van der Waals surface area contributed by atoms with Gasteiger partial charge in [-0.3, -0.25) is 4.79 Å². The molecule has 1 unspecified atom stereocenters. The number of carbonyl (C=O) groups is 1. The zero-order valence-corrected chi connectivity index (χ0v) is 19.8. The van der Waals surface area contributed by atoms with Crippen molar-refractivity contribution in [2.24, 2.45) is 0 Å². The van der Waals surface area contributed by atoms with E-state index in [4.69, 9.17) is 0 Å². The van der Waals surface area contributed by atoms with E-state index in [9.17, 15) is 21.6 Å². The molecular formula is C20H32N4O5S2. The van der Waals surface area contributed by atoms with Crippen LogP contribution in [-0.4, -0.2) is 87.8 Å². The van der Waals surface area contributed by atoms with E-state index in [-0.39, 0.29) is 10.6 Å². The van der Waals surface area contributed by atoms with Crippen molar-refractivity contribution >= 4 is 31.6 Å². The zero-order valence-electron chi connectivity index (χ0n) is 18.2. The Balaban J connectivity index is 1.76. The molecule has 3 rings (SSSR count). The van der Waals surface area contributed by atoms with Crippen LogP contribution in [0.1, 0.15) is 32.6 Å². The van der Waals surface area contributed by atoms with Gasteiger partial charge in [0.1, 0.15) is 6.04 Å². The molecule has 11 heteroatoms. The van der Waals surface area contributed by atoms with E-state index < -0.39 is 32.0 Å². The highest BCUT2D eigenvalue weighted by atomic mass is 32.2. The molecule has 2 saturated heterocycles. The van der Waals surface area contributed by atoms with Crippen LogP contribution in [0.25, 0.3) is 0 Å². The second-order valence-electron chi connectivity index (χ2n) is 8.16. The molecule has 0 radical (unpaired) electrons. The normalized spacial score (nSPS) is 22.3. The largest absolute Gasteiger partial charge is 0.325 e. The van der Waals surface area contributed by atoms with Crippen LogP contribution < -0.4 is 5.32 Å². The van der Waals surface area contributed by atoms with Gasteiger partial charge in [-0.1, -0.05) is 19.4 Å². The Labute approximate surface area is 185 Å². The summed E-state index contributed by atoms with van der Waals surface area (Å²) in [6.45, 7) is 4.30. The van der Waals surface area contributed by atoms with Gasteiger partial charge < -0.3 is 10.2 Å². The Bertz CT molecular complexity index is 989. The number of piperidine rings is 1. The molecule has 31 heavy (non-hydrogen) atoms. The number of likely N-dealkylation sites (N-methyl/N-ethyl adjacent to an activating group) is 1. The van der Waals surface area contributed by atoms with E-state index in [0.717, 1.165) is 12.8 Å². The lowest BCUT2D eigenvalue weighted by Crippen LogP contribution is -2.50. The lowest BCUT2D eigenvalue weighted by molar-refractivity contribution is -0.120. The maximum absolute atomic E-state index is 13.0. The van der Waals surface area contributed by atoms with E-state index in [1.165, 1.54) is 20.7 Å². The molecule has 2 aliphatic heterocycles. The second-order valence-corrected chi connectivity index (χ2v) is 12.1. The van der Waals surface area contributed by atoms with Gasteiger partial charge in [0.25, 0.3) is 0 Å². The van der Waals surface area contributed by atoms with Crippen LogP contribution in [0.15, 0.2) is 29.2 Å². The number of amides is 1. The molecule has 1 N–H and O–H groups in total. The van der Waals surface area contributed by atoms with Gasteiger partial charge in [0.2, 0.25) is 26.0 Å². The van der Waals surface area contributed by atoms with Crippen molar-refractivity contribution < 1.29 is 21.6 Å². The van der Waals surface area contributed by atoms with Gasteiger partial charge in [0.15, 0.2) is 0 Å². The third-order valence-corrected chi connectivity index (χ3v) is 9.75. The highest BCUT2D eigenvalue weighted by Crippen LogP contribution is 2.24. The fraction of sp³-hybridized carbons (Fsp3) is 0.650. The number of anilines is 1. The van der Waals surface area contributed by atoms with Crippen LogP contribution >= 0.6 is 0 Å². The van der Waals surface area contributed by atoms with Gasteiger partial charge in [-0.15, -0.1) is 0 Å². The second kappa shape index (κ2) is 9.95. The summed E-state index contributed by atoms with van der Waals surface area (Å²) in [5, 5.41) is 2.74. The van der Waals surface area contributed by atoms with Crippen molar-refractivity contribution in [3.63, 3.8) is 0 Å². The highest BCUT2D eigenvalue weighted by molar-refractivity contribution is 7.89. The third-order valence-electron chi connectivity index (χ3n) is 5.78. The van der Waals surface area contributed by atoms with Crippen LogP contribution in [0.3, 0.4) is 0 Å². The van der Waals surface area contributed by atoms with Crippen molar-refractivity contribution in [2.45, 2.75) is 43.5 Å². The molecule has 1 amide bonds. The standard InChI is InChI=1S/C20H32N4O5S2/c1-3-15-30(26,27)24-10-5-4-9-19(24)20(25)21-17-7-6-8-18(16-17)31(28,29)23-13-11-22(2)12-14-23/h6-8,16,19H,3-5,9-15H2,1-2H3,(H,21,25). The lowest BCUT2D eigenvalue weighted by atomic mass is 10.0. The summed E-state index contributed by atoms with van der Waals surface area (Å²) < 4.78 is 53.9. The van der Waals surface area contributed by atoms with E-state index in [0.29, 0.717) is 51.3 Å². The van der Waals surface area contributed by atoms with Crippen molar-refractivity contribution in [2.75, 3.05) is 50.8 Å². The summed E-state index contributed by atoms with van der Waals surface area (Å²) >= 11 is 0. The zero-order chi connectivity index (χ0) is 22.6. The number of hydrogen-bond acceptors (Lipinski definition) is 6. The van der Waals surface area contributed by atoms with Crippen molar-refractivity contribution in [3.8, 4) is 0 Å². The molecule has 0 bridgehead atoms. The summed E-state index contributed by atoms with van der Waals surface area (Å²) in [4.78, 5) is 15.1. The third kappa shape index (κ3) is 5.64. The number of sulfonamides is 2. The van der Waals surface area contributed by atoms with Crippen molar-refractivity contribution in [3.05, 3.63) is 24.3 Å². The monoisotopic (exact) mass is 472 g/mol. The maximum atomic E-state index is 13.0. The van der Waals surface area contributed by atoms with E-state index >= 15 is 0 Å². The average molecular weight is 473 g/mol. The number of nitrogens with zero attached hydrogens (tertiary/aromatic N) is 3. The Hall–Kier alpha value is -1.53. The minimum atomic E-state index is -3.66. The summed E-state index contributed by atoms with van der Waals surface area (Å²) in [6.07, 6.45) is 2.44. The number of piperazine rings is 1. The number of hydrogen-bond donors (Lipinski definition) is 1. The predicted molar refractivity (Wildman–Crippen MR) is 120 cm³/mol. The van der Waals surface area contributed by atoms with Gasteiger partial charge in [-0.05, 0) is 44.5 Å². The molecule has 2 fully saturated rings. The first kappa shape index (κ1) is 24.1. The number of benzene rings is 1. The van der Waals surface area contributed by atoms with Gasteiger partial charge >= 0.3 is 0 Å². The summed E-state index contributed by atoms with van der Waals surface area (Å²) in [5.74, 6) is -0.413. The molecule has 1 atom stereocenters. The molecule has 1 aromatic rings. The molecule has 9 nitrogen and oxygen atoms in total. The topological polar surface area (TPSA) is 107 Å². The molecule has 0 spiro atoms. The van der Waals surface area contributed by atoms with Crippen LogP contribution in [0, 0.1) is 0 Å². The summed E-state index contributed by atoms with van der Waals surface area (Å²) in [5.41, 5.74) is 0.346. The minimum absolute atomic E-state index is 0.00946. The first-order valence-electron chi connectivity index (χ1n) is 10.7. The average Bonchev–Trinajstić information content (AvgIpc) is 2.74. The highest BCUT2D eigenvalue weighted by Gasteiger charge is 2.36. The summed E-state index contributed by atoms with van der Waals surface area (Å²) in [6, 6.07) is 5.39. The molecule has 1 aromatic carbocycles. The maximum Gasteiger partial charge on any atom is 0.243 e. The molecule has 174 valence electrons. The van der Waals surface area contributed by atoms with Crippen molar-refractivity contribution in [1.82, 2.24) is 13.5 Å². The molecule has 2 heterocycles. The Morgan fingerprint density at radius 1 is 1.06 bits per heavy atom. The van der Waals surface area contributed by atoms with Gasteiger partial charge in [-0.25, -0.2) is 16.8 Å². The van der Waals surface area contributed by atoms with Gasteiger partial charge in [-0.2, -0.15) is 8.61 Å². The van der Waals surface area contributed by atoms with E-state index in [1.807, 2.05) is 7.05 Å². The Kier molecular flexibility index (Phi) is 7.74. The van der Waals surface area contributed by atoms with E-state index in [2.05, 4.69) is 10.2 Å². The Morgan fingerprint density at radius 2 is 1.77 bits per heavy atom. The molecular weight excluding hydrogens is 440 g/mol. The minimum Gasteiger partial charge on any atom is -0.325 e. The molecule has 2 aliphatic rings. The Morgan fingerprint density at radius 3 is 2.45 bits per heavy atom. The fourth-order valence-electron chi connectivity index (χ4n) is 4.01. The van der Waals surface area contributed by atoms with Crippen molar-refractivity contribution in [1.29, 1.82) is 0 Å². The number of rotatable bonds is 7. The first-order chi connectivity index (χ1) is 14.6. The quantitative estimate of drug-likeness (QED) is 0.638. The van der Waals surface area contributed by atoms with Crippen LogP contribution in [-0.2, 0) is 24.8 Å². The number of carbonyl (C=O) groups excluding carboxylic acids is 1. The van der Waals surface area contributed by atoms with Crippen LogP contribution in [0.4, 0.5) is 5.69 Å². The molecule has 0 saturated carbocycles. The SMILES string of the molecule is CCCS(=O)(=O)N1CCCCC1C(=O)Nc1cccc(S(=O)(=O)N2CCN(C)CC2)c1. The smallest absolute Gasteiger partial charge is 0.243 e. The van der Waals surface area contributed by atoms with Gasteiger partial charge in [0, 0.05) is 38.4 Å². The van der Waals surface area contributed by atoms with Gasteiger partial charge in [0.05, 0.1) is 10.6 Å². The van der Waals surface area contributed by atoms with E-state index in [1.54, 1.807) is 19.1 Å². The van der Waals surface area contributed by atoms with Crippen LogP contribution in [0.2, 0.25) is 0 Å².